The number of halogens is 3. The minimum atomic E-state index is -4.55. The molecule has 3 heterocycles. The van der Waals surface area contributed by atoms with Crippen LogP contribution in [0.15, 0.2) is 59.6 Å². The molecule has 2 aromatic carbocycles. The van der Waals surface area contributed by atoms with E-state index in [1.165, 1.54) is 18.5 Å². The summed E-state index contributed by atoms with van der Waals surface area (Å²) in [6.45, 7) is 0.460. The highest BCUT2D eigenvalue weighted by Gasteiger charge is 2.36. The molecule has 0 aliphatic carbocycles. The van der Waals surface area contributed by atoms with Gasteiger partial charge in [-0.3, -0.25) is 4.79 Å². The highest BCUT2D eigenvalue weighted by atomic mass is 32.1. The minimum absolute atomic E-state index is 0.0123. The number of rotatable bonds is 5. The number of amides is 1. The molecule has 0 saturated carbocycles. The van der Waals surface area contributed by atoms with E-state index in [4.69, 9.17) is 10.5 Å². The van der Waals surface area contributed by atoms with E-state index in [1.54, 1.807) is 11.0 Å². The molecule has 2 aliphatic heterocycles. The summed E-state index contributed by atoms with van der Waals surface area (Å²) in [5.74, 6) is -0.400. The number of primary amides is 1. The van der Waals surface area contributed by atoms with Gasteiger partial charge < -0.3 is 15.4 Å². The van der Waals surface area contributed by atoms with Gasteiger partial charge in [0.25, 0.3) is 5.91 Å². The van der Waals surface area contributed by atoms with Crippen LogP contribution in [-0.4, -0.2) is 23.7 Å². The van der Waals surface area contributed by atoms with Crippen molar-refractivity contribution in [2.45, 2.75) is 12.8 Å². The fourth-order valence-electron chi connectivity index (χ4n) is 3.86. The Kier molecular flexibility index (Phi) is 4.78. The molecule has 3 aromatic rings. The van der Waals surface area contributed by atoms with Crippen molar-refractivity contribution in [2.24, 2.45) is 10.7 Å². The van der Waals surface area contributed by atoms with E-state index in [1.807, 2.05) is 30.3 Å². The lowest BCUT2D eigenvalue weighted by Crippen LogP contribution is -2.41. The average Bonchev–Trinajstić information content (AvgIpc) is 3.35. The molecule has 2 bridgehead atoms. The van der Waals surface area contributed by atoms with E-state index < -0.39 is 17.6 Å². The zero-order chi connectivity index (χ0) is 22.5. The molecule has 1 aromatic heterocycles. The lowest BCUT2D eigenvalue weighted by atomic mass is 10.0. The minimum Gasteiger partial charge on any atom is -0.487 e. The Hall–Kier alpha value is -3.59. The van der Waals surface area contributed by atoms with Gasteiger partial charge in [-0.1, -0.05) is 48.5 Å². The molecule has 2 N–H and O–H groups in total. The molecule has 1 amide bonds. The number of aliphatic imine (C=N–C) groups is 1. The van der Waals surface area contributed by atoms with Gasteiger partial charge in [0.05, 0.1) is 38.8 Å². The van der Waals surface area contributed by atoms with Crippen LogP contribution in [0.2, 0.25) is 0 Å². The summed E-state index contributed by atoms with van der Waals surface area (Å²) in [5, 5.41) is 0.525. The van der Waals surface area contributed by atoms with Crippen molar-refractivity contribution in [2.75, 3.05) is 6.54 Å². The second-order valence-electron chi connectivity index (χ2n) is 7.31. The second-order valence-corrected chi connectivity index (χ2v) is 8.33. The van der Waals surface area contributed by atoms with E-state index >= 15 is 0 Å². The summed E-state index contributed by atoms with van der Waals surface area (Å²) in [6.07, 6.45) is -3.05. The van der Waals surface area contributed by atoms with Crippen LogP contribution in [0.1, 0.15) is 11.1 Å². The average molecular weight is 455 g/mol. The maximum absolute atomic E-state index is 13.8. The number of nitrogens with zero attached hydrogens (tertiary/aromatic N) is 2. The SMILES string of the molecule is NC(=O)C1=c2sc(-c3ccccc3C(F)(F)F)c(OCc3ccccc3)c2=C2CN1C=N2. The van der Waals surface area contributed by atoms with Crippen LogP contribution < -0.4 is 20.2 Å². The fourth-order valence-corrected chi connectivity index (χ4v) is 5.24. The molecule has 0 fully saturated rings. The van der Waals surface area contributed by atoms with E-state index in [-0.39, 0.29) is 28.5 Å². The largest absolute Gasteiger partial charge is 0.487 e. The molecule has 0 spiro atoms. The Morgan fingerprint density at radius 2 is 1.84 bits per heavy atom. The maximum Gasteiger partial charge on any atom is 0.417 e. The predicted octanol–water partition coefficient (Wildman–Crippen LogP) is 3.07. The second kappa shape index (κ2) is 7.52. The van der Waals surface area contributed by atoms with E-state index in [0.29, 0.717) is 22.0 Å². The molecule has 5 nitrogen and oxygen atoms in total. The number of carbonyl (C=O) groups is 1. The van der Waals surface area contributed by atoms with Gasteiger partial charge in [0.1, 0.15) is 18.1 Å². The summed E-state index contributed by atoms with van der Waals surface area (Å²) in [6, 6.07) is 14.6. The highest BCUT2D eigenvalue weighted by Crippen LogP contribution is 2.41. The van der Waals surface area contributed by atoms with Crippen molar-refractivity contribution in [1.29, 1.82) is 0 Å². The Balaban J connectivity index is 1.79. The van der Waals surface area contributed by atoms with Gasteiger partial charge in [0, 0.05) is 5.56 Å². The first-order valence-electron chi connectivity index (χ1n) is 9.69. The summed E-state index contributed by atoms with van der Waals surface area (Å²) in [4.78, 5) is 18.5. The van der Waals surface area contributed by atoms with Gasteiger partial charge in [-0.15, -0.1) is 11.3 Å². The summed E-state index contributed by atoms with van der Waals surface area (Å²) in [7, 11) is 0. The normalized spacial score (nSPS) is 14.7. The third kappa shape index (κ3) is 3.34. The smallest absolute Gasteiger partial charge is 0.417 e. The number of hydrogen-bond acceptors (Lipinski definition) is 5. The first-order valence-corrected chi connectivity index (χ1v) is 10.5. The van der Waals surface area contributed by atoms with E-state index in [0.717, 1.165) is 23.0 Å². The van der Waals surface area contributed by atoms with Gasteiger partial charge in [0.15, 0.2) is 0 Å². The van der Waals surface area contributed by atoms with Crippen LogP contribution in [0.4, 0.5) is 13.2 Å². The number of carbonyl (C=O) groups excluding carboxylic acids is 1. The van der Waals surface area contributed by atoms with E-state index in [9.17, 15) is 18.0 Å². The first-order chi connectivity index (χ1) is 15.3. The molecule has 162 valence electrons. The third-order valence-electron chi connectivity index (χ3n) is 5.26. The summed E-state index contributed by atoms with van der Waals surface area (Å²) < 4.78 is 48.0. The molecule has 32 heavy (non-hydrogen) atoms. The quantitative estimate of drug-likeness (QED) is 0.643. The lowest BCUT2D eigenvalue weighted by Gasteiger charge is -2.17. The van der Waals surface area contributed by atoms with Crippen molar-refractivity contribution in [3.8, 4) is 16.2 Å². The molecule has 0 unspecified atom stereocenters. The Bertz CT molecular complexity index is 1380. The van der Waals surface area contributed by atoms with Crippen molar-refractivity contribution in [3.63, 3.8) is 0 Å². The van der Waals surface area contributed by atoms with Gasteiger partial charge in [-0.2, -0.15) is 13.2 Å². The van der Waals surface area contributed by atoms with Crippen LogP contribution in [0.25, 0.3) is 21.8 Å². The molecular formula is C23H16F3N3O2S. The number of fused-ring (bicyclic) bond motifs is 3. The van der Waals surface area contributed by atoms with Crippen LogP contribution in [-0.2, 0) is 17.6 Å². The lowest BCUT2D eigenvalue weighted by molar-refractivity contribution is -0.137. The van der Waals surface area contributed by atoms with Crippen LogP contribution in [0, 0.1) is 0 Å². The number of thiophene rings is 1. The zero-order valence-corrected chi connectivity index (χ0v) is 17.3. The molecular weight excluding hydrogens is 439 g/mol. The maximum atomic E-state index is 13.8. The van der Waals surface area contributed by atoms with Crippen molar-refractivity contribution < 1.29 is 22.7 Å². The molecule has 9 heteroatoms. The first kappa shape index (κ1) is 20.3. The van der Waals surface area contributed by atoms with Crippen molar-refractivity contribution >= 4 is 35.0 Å². The predicted molar refractivity (Wildman–Crippen MR) is 116 cm³/mol. The van der Waals surface area contributed by atoms with Gasteiger partial charge >= 0.3 is 6.18 Å². The molecule has 0 radical (unpaired) electrons. The molecule has 2 aliphatic rings. The fraction of sp³-hybridized carbons (Fsp3) is 0.130. The monoisotopic (exact) mass is 455 g/mol. The van der Waals surface area contributed by atoms with Crippen LogP contribution in [0.3, 0.4) is 0 Å². The third-order valence-corrected chi connectivity index (χ3v) is 6.48. The number of ether oxygens (including phenoxy) is 1. The number of alkyl halides is 3. The zero-order valence-electron chi connectivity index (χ0n) is 16.5. The molecule has 0 saturated heterocycles. The topological polar surface area (TPSA) is 67.9 Å². The van der Waals surface area contributed by atoms with Crippen molar-refractivity contribution in [1.82, 2.24) is 4.90 Å². The number of nitrogens with two attached hydrogens (primary N) is 1. The van der Waals surface area contributed by atoms with Crippen molar-refractivity contribution in [3.05, 3.63) is 75.5 Å². The van der Waals surface area contributed by atoms with Crippen LogP contribution >= 0.6 is 11.3 Å². The Morgan fingerprint density at radius 1 is 1.12 bits per heavy atom. The highest BCUT2D eigenvalue weighted by molar-refractivity contribution is 7.14. The summed E-state index contributed by atoms with van der Waals surface area (Å²) >= 11 is 1.06. The van der Waals surface area contributed by atoms with Gasteiger partial charge in [-0.05, 0) is 11.6 Å². The Labute approximate surface area is 184 Å². The molecule has 0 atom stereocenters. The number of benzene rings is 2. The number of hydrogen-bond donors (Lipinski definition) is 1. The van der Waals surface area contributed by atoms with Gasteiger partial charge in [-0.25, -0.2) is 4.99 Å². The standard InChI is InChI=1S/C23H16F3N3O2S/c24-23(25,26)15-9-5-4-8-14(15)20-19(31-11-13-6-2-1-3-7-13)17-16-10-29(12-28-16)18(22(27)30)21(17)32-20/h1-9,12H,10-11H2,(H2,27,30). The summed E-state index contributed by atoms with van der Waals surface area (Å²) in [5.41, 5.74) is 6.53. The van der Waals surface area contributed by atoms with Crippen LogP contribution in [0.5, 0.6) is 5.75 Å². The van der Waals surface area contributed by atoms with Gasteiger partial charge in [0.2, 0.25) is 0 Å². The molecule has 5 rings (SSSR count). The van der Waals surface area contributed by atoms with E-state index in [2.05, 4.69) is 4.99 Å². The Morgan fingerprint density at radius 3 is 2.56 bits per heavy atom.